The molecule has 2 heterocycles. The molecule has 7 rings (SSSR count). The zero-order valence-corrected chi connectivity index (χ0v) is 24.1. The molecule has 2 bridgehead atoms. The maximum atomic E-state index is 14.1. The molecule has 0 radical (unpaired) electrons. The van der Waals surface area contributed by atoms with E-state index in [4.69, 9.17) is 14.2 Å². The second-order valence-electron chi connectivity index (χ2n) is 14.7. The van der Waals surface area contributed by atoms with Crippen molar-refractivity contribution in [3.63, 3.8) is 0 Å². The number of aliphatic hydroxyl groups is 2. The Morgan fingerprint density at radius 2 is 1.80 bits per heavy atom. The minimum atomic E-state index is -0.879. The second kappa shape index (κ2) is 8.21. The van der Waals surface area contributed by atoms with Crippen LogP contribution in [-0.4, -0.2) is 58.6 Å². The highest BCUT2D eigenvalue weighted by Crippen LogP contribution is 2.76. The van der Waals surface area contributed by atoms with Crippen LogP contribution in [0.1, 0.15) is 73.1 Å². The summed E-state index contributed by atoms with van der Waals surface area (Å²) in [6, 6.07) is 0. The highest BCUT2D eigenvalue weighted by Gasteiger charge is 2.78. The minimum Gasteiger partial charge on any atom is -0.462 e. The lowest BCUT2D eigenvalue weighted by atomic mass is 9.56. The number of rotatable bonds is 1. The Kier molecular flexibility index (Phi) is 5.48. The van der Waals surface area contributed by atoms with Crippen molar-refractivity contribution in [1.29, 1.82) is 0 Å². The Morgan fingerprint density at radius 1 is 1.07 bits per heavy atom. The Labute approximate surface area is 235 Å². The summed E-state index contributed by atoms with van der Waals surface area (Å²) in [6.45, 7) is 13.9. The molecule has 2 N–H and O–H groups in total. The lowest BCUT2D eigenvalue weighted by Gasteiger charge is -2.45. The summed E-state index contributed by atoms with van der Waals surface area (Å²) >= 11 is 0. The molecule has 0 aromatic heterocycles. The Hall–Kier alpha value is -2.19. The van der Waals surface area contributed by atoms with Gasteiger partial charge in [-0.05, 0) is 50.9 Å². The highest BCUT2D eigenvalue weighted by atomic mass is 16.6. The molecule has 218 valence electrons. The van der Waals surface area contributed by atoms with Gasteiger partial charge in [-0.2, -0.15) is 0 Å². The number of hydrogen-bond donors (Lipinski definition) is 2. The van der Waals surface area contributed by atoms with Crippen molar-refractivity contribution in [2.45, 2.75) is 104 Å². The molecule has 8 heteroatoms. The minimum absolute atomic E-state index is 0.00386. The van der Waals surface area contributed by atoms with E-state index in [-0.39, 0.29) is 71.7 Å². The Balaban J connectivity index is 1.31. The number of ether oxygens (including phenoxy) is 3. The van der Waals surface area contributed by atoms with Gasteiger partial charge < -0.3 is 24.4 Å². The van der Waals surface area contributed by atoms with Crippen LogP contribution >= 0.6 is 0 Å². The van der Waals surface area contributed by atoms with E-state index in [1.807, 2.05) is 0 Å². The average Bonchev–Trinajstić information content (AvgIpc) is 3.46. The van der Waals surface area contributed by atoms with Crippen molar-refractivity contribution in [2.24, 2.45) is 51.8 Å². The van der Waals surface area contributed by atoms with E-state index < -0.39 is 28.5 Å². The first-order chi connectivity index (χ1) is 18.8. The van der Waals surface area contributed by atoms with Crippen LogP contribution in [0.2, 0.25) is 0 Å². The van der Waals surface area contributed by atoms with Gasteiger partial charge in [-0.3, -0.25) is 9.59 Å². The first-order valence-electron chi connectivity index (χ1n) is 15.1. The molecule has 2 unspecified atom stereocenters. The van der Waals surface area contributed by atoms with Crippen molar-refractivity contribution in [3.05, 3.63) is 23.3 Å². The van der Waals surface area contributed by atoms with Crippen molar-refractivity contribution in [2.75, 3.05) is 0 Å². The van der Waals surface area contributed by atoms with Crippen LogP contribution in [0.5, 0.6) is 0 Å². The maximum Gasteiger partial charge on any atom is 0.334 e. The van der Waals surface area contributed by atoms with Crippen LogP contribution in [0.15, 0.2) is 23.3 Å². The van der Waals surface area contributed by atoms with Crippen molar-refractivity contribution >= 4 is 17.9 Å². The third-order valence-corrected chi connectivity index (χ3v) is 13.1. The highest BCUT2D eigenvalue weighted by molar-refractivity contribution is 5.91. The van der Waals surface area contributed by atoms with Crippen molar-refractivity contribution < 1.29 is 38.8 Å². The number of hydrogen-bond acceptors (Lipinski definition) is 8. The first kappa shape index (κ1) is 26.7. The molecule has 0 aromatic rings. The molecule has 0 aromatic carbocycles. The van der Waals surface area contributed by atoms with Gasteiger partial charge >= 0.3 is 17.9 Å². The van der Waals surface area contributed by atoms with Gasteiger partial charge in [0.2, 0.25) is 0 Å². The molecule has 4 saturated carbocycles. The quantitative estimate of drug-likeness (QED) is 0.219. The molecule has 14 atom stereocenters. The maximum absolute atomic E-state index is 14.1. The standard InChI is InChI=1S/C32H42O8/c1-13-7-22-20(11-30(6)24(34)10-23(25(13)30)38-17(5)33)32(29(37)40-22)12-31-14(2)8-21-18(15(3)28(36)39-21)9-19(31)16(4)26(32)27(31)35/h13-14,18,20-27,34-35H,3,7-12H2,1-2,4-6H3/t13-,14+,18-,20+,21+,22+,23+,24+,25-,26-,27?,30-,31+,32?/m1/s1. The summed E-state index contributed by atoms with van der Waals surface area (Å²) in [4.78, 5) is 38.4. The van der Waals surface area contributed by atoms with Gasteiger partial charge in [0, 0.05) is 53.4 Å². The summed E-state index contributed by atoms with van der Waals surface area (Å²) < 4.78 is 17.7. The molecule has 0 amide bonds. The van der Waals surface area contributed by atoms with Crippen LogP contribution < -0.4 is 0 Å². The van der Waals surface area contributed by atoms with Crippen LogP contribution in [0.3, 0.4) is 0 Å². The molecule has 5 aliphatic carbocycles. The summed E-state index contributed by atoms with van der Waals surface area (Å²) in [7, 11) is 0. The number of carbonyl (C=O) groups excluding carboxylic acids is 3. The first-order valence-corrected chi connectivity index (χ1v) is 15.1. The molecule has 8 nitrogen and oxygen atoms in total. The monoisotopic (exact) mass is 554 g/mol. The average molecular weight is 555 g/mol. The topological polar surface area (TPSA) is 119 Å². The zero-order valence-electron chi connectivity index (χ0n) is 24.1. The van der Waals surface area contributed by atoms with E-state index in [0.29, 0.717) is 44.1 Å². The zero-order chi connectivity index (χ0) is 28.7. The Morgan fingerprint density at radius 3 is 2.50 bits per heavy atom. The number of esters is 3. The summed E-state index contributed by atoms with van der Waals surface area (Å²) in [5.74, 6) is -1.48. The predicted molar refractivity (Wildman–Crippen MR) is 142 cm³/mol. The Bertz CT molecular complexity index is 1250. The van der Waals surface area contributed by atoms with Crippen LogP contribution in [-0.2, 0) is 28.6 Å². The predicted octanol–water partition coefficient (Wildman–Crippen LogP) is 3.49. The van der Waals surface area contributed by atoms with Crippen molar-refractivity contribution in [1.82, 2.24) is 0 Å². The van der Waals surface area contributed by atoms with Crippen LogP contribution in [0.25, 0.3) is 0 Å². The van der Waals surface area contributed by atoms with Gasteiger partial charge in [0.25, 0.3) is 0 Å². The summed E-state index contributed by atoms with van der Waals surface area (Å²) in [6.07, 6.45) is 1.04. The molecular formula is C32H42O8. The number of fused-ring (bicyclic) bond motifs is 6. The van der Waals surface area contributed by atoms with Gasteiger partial charge in [0.1, 0.15) is 18.3 Å². The van der Waals surface area contributed by atoms with E-state index in [2.05, 4.69) is 34.3 Å². The van der Waals surface area contributed by atoms with Crippen LogP contribution in [0, 0.1) is 51.8 Å². The smallest absolute Gasteiger partial charge is 0.334 e. The molecular weight excluding hydrogens is 512 g/mol. The lowest BCUT2D eigenvalue weighted by molar-refractivity contribution is -0.152. The fourth-order valence-corrected chi connectivity index (χ4v) is 11.6. The van der Waals surface area contributed by atoms with Crippen molar-refractivity contribution in [3.8, 4) is 0 Å². The van der Waals surface area contributed by atoms with Gasteiger partial charge in [-0.15, -0.1) is 0 Å². The number of aliphatic hydroxyl groups excluding tert-OH is 2. The third-order valence-electron chi connectivity index (χ3n) is 13.1. The largest absolute Gasteiger partial charge is 0.462 e. The van der Waals surface area contributed by atoms with Gasteiger partial charge in [-0.25, -0.2) is 4.79 Å². The van der Waals surface area contributed by atoms with E-state index in [1.165, 1.54) is 12.5 Å². The van der Waals surface area contributed by atoms with E-state index >= 15 is 0 Å². The second-order valence-corrected chi connectivity index (χ2v) is 14.7. The fourth-order valence-electron chi connectivity index (χ4n) is 11.6. The lowest BCUT2D eigenvalue weighted by Crippen LogP contribution is -2.46. The van der Waals surface area contributed by atoms with Gasteiger partial charge in [0.15, 0.2) is 0 Å². The van der Waals surface area contributed by atoms with E-state index in [0.717, 1.165) is 5.57 Å². The molecule has 7 aliphatic rings. The van der Waals surface area contributed by atoms with Crippen LogP contribution in [0.4, 0.5) is 0 Å². The normalized spacial score (nSPS) is 54.4. The summed E-state index contributed by atoms with van der Waals surface area (Å²) in [5.41, 5.74) is 0.717. The molecule has 2 saturated heterocycles. The third kappa shape index (κ3) is 2.97. The SMILES string of the molecule is C=C1C(=O)O[C@H]2C[C@H](C)[C@@]34CC5(C(=O)O[C@H]6C[C@@H](C)[C@@H]7[C@@H](OC(C)=O)C[C@H](O)[C@@]7(C)C[C@@H]65)[C@H](C(C)=C3C[C@H]12)C4O. The van der Waals surface area contributed by atoms with Gasteiger partial charge in [0.05, 0.1) is 17.6 Å². The van der Waals surface area contributed by atoms with E-state index in [9.17, 15) is 24.6 Å². The fraction of sp³-hybridized carbons (Fsp3) is 0.781. The molecule has 2 spiro atoms. The molecule has 2 aliphatic heterocycles. The molecule has 6 fully saturated rings. The summed E-state index contributed by atoms with van der Waals surface area (Å²) in [5, 5.41) is 23.6. The molecule has 40 heavy (non-hydrogen) atoms. The van der Waals surface area contributed by atoms with Gasteiger partial charge in [-0.1, -0.05) is 38.5 Å². The van der Waals surface area contributed by atoms with E-state index in [1.54, 1.807) is 0 Å². The number of carbonyl (C=O) groups is 3.